The third-order valence-electron chi connectivity index (χ3n) is 2.67. The molecule has 2 N–H and O–H groups in total. The fourth-order valence-corrected chi connectivity index (χ4v) is 3.12. The Bertz CT molecular complexity index is 424. The van der Waals surface area contributed by atoms with Crippen LogP contribution in [0.4, 0.5) is 0 Å². The summed E-state index contributed by atoms with van der Waals surface area (Å²) >= 11 is 0. The third-order valence-corrected chi connectivity index (χ3v) is 4.12. The van der Waals surface area contributed by atoms with Gasteiger partial charge in [-0.1, -0.05) is 0 Å². The Hall–Kier alpha value is -0.920. The number of aromatic amines is 1. The molecule has 7 heteroatoms. The van der Waals surface area contributed by atoms with Crippen LogP contribution in [0.5, 0.6) is 0 Å². The van der Waals surface area contributed by atoms with Gasteiger partial charge in [0.2, 0.25) is 10.0 Å². The number of hydrogen-bond donors (Lipinski definition) is 2. The first-order valence-corrected chi connectivity index (χ1v) is 7.38. The average Bonchev–Trinajstić information content (AvgIpc) is 2.89. The molecule has 0 saturated carbocycles. The molecule has 1 saturated heterocycles. The zero-order chi connectivity index (χ0) is 12.1. The molecule has 2 heterocycles. The van der Waals surface area contributed by atoms with Crippen LogP contribution in [-0.4, -0.2) is 43.4 Å². The lowest BCUT2D eigenvalue weighted by atomic mass is 10.3. The van der Waals surface area contributed by atoms with Crippen molar-refractivity contribution in [2.45, 2.75) is 25.4 Å². The summed E-state index contributed by atoms with van der Waals surface area (Å²) in [6.07, 6.45) is 5.58. The van der Waals surface area contributed by atoms with E-state index >= 15 is 0 Å². The molecule has 1 aliphatic heterocycles. The Morgan fingerprint density at radius 1 is 1.59 bits per heavy atom. The molecule has 17 heavy (non-hydrogen) atoms. The minimum Gasteiger partial charge on any atom is -0.377 e. The van der Waals surface area contributed by atoms with E-state index in [0.29, 0.717) is 19.6 Å². The Kier molecular flexibility index (Phi) is 4.14. The van der Waals surface area contributed by atoms with Crippen molar-refractivity contribution in [1.82, 2.24) is 14.7 Å². The Morgan fingerprint density at radius 3 is 3.12 bits per heavy atom. The lowest BCUT2D eigenvalue weighted by Gasteiger charge is -2.10. The fraction of sp³-hybridized carbons (Fsp3) is 0.700. The first-order chi connectivity index (χ1) is 8.16. The second kappa shape index (κ2) is 5.61. The number of aromatic nitrogens is 2. The molecule has 1 aliphatic rings. The topological polar surface area (TPSA) is 84.1 Å². The van der Waals surface area contributed by atoms with E-state index < -0.39 is 10.0 Å². The van der Waals surface area contributed by atoms with Crippen molar-refractivity contribution < 1.29 is 13.2 Å². The van der Waals surface area contributed by atoms with E-state index in [9.17, 15) is 8.42 Å². The molecule has 0 bridgehead atoms. The molecule has 1 atom stereocenters. The lowest BCUT2D eigenvalue weighted by Crippen LogP contribution is -2.33. The smallest absolute Gasteiger partial charge is 0.214 e. The number of ether oxygens (including phenoxy) is 1. The summed E-state index contributed by atoms with van der Waals surface area (Å²) in [5.74, 6) is 0.843. The van der Waals surface area contributed by atoms with Gasteiger partial charge in [-0.3, -0.25) is 0 Å². The summed E-state index contributed by atoms with van der Waals surface area (Å²) in [4.78, 5) is 6.95. The van der Waals surface area contributed by atoms with Crippen molar-refractivity contribution >= 4 is 10.0 Å². The van der Waals surface area contributed by atoms with Crippen molar-refractivity contribution in [3.63, 3.8) is 0 Å². The van der Waals surface area contributed by atoms with Gasteiger partial charge in [0, 0.05) is 32.0 Å². The molecule has 1 aromatic heterocycles. The van der Waals surface area contributed by atoms with Gasteiger partial charge in [0.05, 0.1) is 11.9 Å². The molecule has 0 radical (unpaired) electrons. The Labute approximate surface area is 101 Å². The quantitative estimate of drug-likeness (QED) is 0.756. The minimum atomic E-state index is -3.23. The molecule has 0 aromatic carbocycles. The van der Waals surface area contributed by atoms with Crippen LogP contribution in [0.1, 0.15) is 18.7 Å². The van der Waals surface area contributed by atoms with E-state index in [2.05, 4.69) is 14.7 Å². The van der Waals surface area contributed by atoms with Gasteiger partial charge in [0.1, 0.15) is 5.82 Å². The fourth-order valence-electron chi connectivity index (χ4n) is 1.84. The maximum atomic E-state index is 11.7. The first kappa shape index (κ1) is 12.5. The number of nitrogens with zero attached hydrogens (tertiary/aromatic N) is 1. The standard InChI is InChI=1S/C10H17N3O3S/c14-17(15,8-9-2-1-7-16-9)13-4-3-10-11-5-6-12-10/h5-6,9,13H,1-4,7-8H2,(H,11,12). The molecule has 1 fully saturated rings. The van der Waals surface area contributed by atoms with Gasteiger partial charge >= 0.3 is 0 Å². The SMILES string of the molecule is O=S(=O)(CC1CCCO1)NCCc1ncc[nH]1. The molecular weight excluding hydrogens is 242 g/mol. The van der Waals surface area contributed by atoms with E-state index in [4.69, 9.17) is 4.74 Å². The summed E-state index contributed by atoms with van der Waals surface area (Å²) in [7, 11) is -3.23. The monoisotopic (exact) mass is 259 g/mol. The maximum Gasteiger partial charge on any atom is 0.214 e. The van der Waals surface area contributed by atoms with Gasteiger partial charge in [-0.05, 0) is 12.8 Å². The predicted octanol–water partition coefficient (Wildman–Crippen LogP) is 0.0506. The normalized spacial score (nSPS) is 20.8. The highest BCUT2D eigenvalue weighted by molar-refractivity contribution is 7.89. The van der Waals surface area contributed by atoms with Crippen molar-refractivity contribution in [3.8, 4) is 0 Å². The van der Waals surface area contributed by atoms with Crippen LogP contribution in [0.25, 0.3) is 0 Å². The molecule has 2 rings (SSSR count). The number of nitrogens with one attached hydrogen (secondary N) is 2. The lowest BCUT2D eigenvalue weighted by molar-refractivity contribution is 0.127. The van der Waals surface area contributed by atoms with Gasteiger partial charge < -0.3 is 9.72 Å². The van der Waals surface area contributed by atoms with Crippen molar-refractivity contribution in [1.29, 1.82) is 0 Å². The van der Waals surface area contributed by atoms with Crippen LogP contribution >= 0.6 is 0 Å². The first-order valence-electron chi connectivity index (χ1n) is 5.73. The molecule has 0 amide bonds. The number of sulfonamides is 1. The van der Waals surface area contributed by atoms with E-state index in [0.717, 1.165) is 18.7 Å². The zero-order valence-electron chi connectivity index (χ0n) is 9.55. The number of hydrogen-bond acceptors (Lipinski definition) is 4. The number of rotatable bonds is 6. The minimum absolute atomic E-state index is 0.0607. The number of H-pyrrole nitrogens is 1. The van der Waals surface area contributed by atoms with Gasteiger partial charge in [0.25, 0.3) is 0 Å². The second-order valence-corrected chi connectivity index (χ2v) is 5.95. The summed E-state index contributed by atoms with van der Waals surface area (Å²) < 4.78 is 31.2. The molecule has 0 aliphatic carbocycles. The molecular formula is C10H17N3O3S. The van der Waals surface area contributed by atoms with E-state index in [1.54, 1.807) is 12.4 Å². The van der Waals surface area contributed by atoms with Crippen LogP contribution in [0, 0.1) is 0 Å². The Balaban J connectivity index is 1.73. The Morgan fingerprint density at radius 2 is 2.47 bits per heavy atom. The van der Waals surface area contributed by atoms with Gasteiger partial charge in [-0.25, -0.2) is 18.1 Å². The van der Waals surface area contributed by atoms with Crippen LogP contribution in [0.3, 0.4) is 0 Å². The predicted molar refractivity (Wildman–Crippen MR) is 63.1 cm³/mol. The highest BCUT2D eigenvalue weighted by Gasteiger charge is 2.22. The van der Waals surface area contributed by atoms with Crippen molar-refractivity contribution in [2.75, 3.05) is 18.9 Å². The van der Waals surface area contributed by atoms with Crippen LogP contribution < -0.4 is 4.72 Å². The van der Waals surface area contributed by atoms with Gasteiger partial charge in [-0.2, -0.15) is 0 Å². The summed E-state index contributed by atoms with van der Waals surface area (Å²) in [5.41, 5.74) is 0. The highest BCUT2D eigenvalue weighted by atomic mass is 32.2. The van der Waals surface area contributed by atoms with Crippen LogP contribution in [0.15, 0.2) is 12.4 Å². The third kappa shape index (κ3) is 4.10. The van der Waals surface area contributed by atoms with Crippen LogP contribution in [0.2, 0.25) is 0 Å². The maximum absolute atomic E-state index is 11.7. The molecule has 1 unspecified atom stereocenters. The van der Waals surface area contributed by atoms with Crippen LogP contribution in [-0.2, 0) is 21.2 Å². The van der Waals surface area contributed by atoms with E-state index in [1.165, 1.54) is 0 Å². The van der Waals surface area contributed by atoms with Crippen molar-refractivity contribution in [2.24, 2.45) is 0 Å². The largest absolute Gasteiger partial charge is 0.377 e. The highest BCUT2D eigenvalue weighted by Crippen LogP contribution is 2.13. The van der Waals surface area contributed by atoms with Gasteiger partial charge in [0.15, 0.2) is 0 Å². The average molecular weight is 259 g/mol. The summed E-state index contributed by atoms with van der Waals surface area (Å²) in [6.45, 7) is 1.04. The molecule has 6 nitrogen and oxygen atoms in total. The summed E-state index contributed by atoms with van der Waals surface area (Å²) in [6, 6.07) is 0. The molecule has 96 valence electrons. The van der Waals surface area contributed by atoms with Crippen molar-refractivity contribution in [3.05, 3.63) is 18.2 Å². The molecule has 0 spiro atoms. The van der Waals surface area contributed by atoms with Gasteiger partial charge in [-0.15, -0.1) is 0 Å². The molecule has 1 aromatic rings. The zero-order valence-corrected chi connectivity index (χ0v) is 10.4. The number of imidazole rings is 1. The van der Waals surface area contributed by atoms with E-state index in [-0.39, 0.29) is 11.9 Å². The summed E-state index contributed by atoms with van der Waals surface area (Å²) in [5, 5.41) is 0. The second-order valence-electron chi connectivity index (χ2n) is 4.10. The van der Waals surface area contributed by atoms with E-state index in [1.807, 2.05) is 0 Å².